The second kappa shape index (κ2) is 8.86. The molecule has 0 spiro atoms. The number of rotatable bonds is 7. The summed E-state index contributed by atoms with van der Waals surface area (Å²) in [5, 5.41) is 2.94. The molecule has 0 aliphatic carbocycles. The minimum Gasteiger partial charge on any atom is -0.493 e. The molecule has 1 aliphatic rings. The molecule has 7 nitrogen and oxygen atoms in total. The summed E-state index contributed by atoms with van der Waals surface area (Å²) in [6, 6.07) is 11.4. The molecule has 7 heteroatoms. The lowest BCUT2D eigenvalue weighted by molar-refractivity contribution is -0.126. The van der Waals surface area contributed by atoms with Crippen molar-refractivity contribution in [2.45, 2.75) is 19.9 Å². The predicted octanol–water partition coefficient (Wildman–Crippen LogP) is 2.69. The van der Waals surface area contributed by atoms with Gasteiger partial charge in [0.25, 0.3) is 0 Å². The molecule has 1 saturated heterocycles. The van der Waals surface area contributed by atoms with E-state index in [-0.39, 0.29) is 18.2 Å². The van der Waals surface area contributed by atoms with Crippen LogP contribution in [0.15, 0.2) is 36.4 Å². The minimum atomic E-state index is -0.411. The monoisotopic (exact) mass is 398 g/mol. The van der Waals surface area contributed by atoms with E-state index in [4.69, 9.17) is 14.2 Å². The van der Waals surface area contributed by atoms with Gasteiger partial charge in [-0.25, -0.2) is 0 Å². The first-order valence-corrected chi connectivity index (χ1v) is 9.40. The summed E-state index contributed by atoms with van der Waals surface area (Å²) < 4.78 is 16.1. The highest BCUT2D eigenvalue weighted by molar-refractivity contribution is 6.00. The fourth-order valence-electron chi connectivity index (χ4n) is 3.51. The van der Waals surface area contributed by atoms with Crippen LogP contribution in [0.5, 0.6) is 17.2 Å². The van der Waals surface area contributed by atoms with Crippen molar-refractivity contribution in [1.29, 1.82) is 0 Å². The molecule has 1 aliphatic heterocycles. The summed E-state index contributed by atoms with van der Waals surface area (Å²) >= 11 is 0. The molecule has 3 rings (SSSR count). The van der Waals surface area contributed by atoms with Crippen molar-refractivity contribution in [3.63, 3.8) is 0 Å². The van der Waals surface area contributed by atoms with Gasteiger partial charge in [0.2, 0.25) is 17.6 Å². The molecule has 0 saturated carbocycles. The highest BCUT2D eigenvalue weighted by Crippen LogP contribution is 2.42. The van der Waals surface area contributed by atoms with Gasteiger partial charge in [-0.2, -0.15) is 0 Å². The number of ether oxygens (including phenoxy) is 3. The number of methoxy groups -OCH3 is 3. The summed E-state index contributed by atoms with van der Waals surface area (Å²) in [5.74, 6) is 0.720. The Morgan fingerprint density at radius 3 is 2.38 bits per heavy atom. The van der Waals surface area contributed by atoms with Gasteiger partial charge in [0.1, 0.15) is 0 Å². The van der Waals surface area contributed by atoms with Crippen LogP contribution >= 0.6 is 0 Å². The normalized spacial score (nSPS) is 15.9. The molecular formula is C22H26N2O5. The van der Waals surface area contributed by atoms with Gasteiger partial charge in [-0.3, -0.25) is 9.59 Å². The zero-order valence-corrected chi connectivity index (χ0v) is 17.2. The molecule has 2 amide bonds. The molecule has 1 N–H and O–H groups in total. The zero-order chi connectivity index (χ0) is 21.0. The van der Waals surface area contributed by atoms with Crippen molar-refractivity contribution in [2.24, 2.45) is 5.92 Å². The third-order valence-corrected chi connectivity index (χ3v) is 5.01. The number of hydrogen-bond donors (Lipinski definition) is 1. The Morgan fingerprint density at radius 1 is 1.10 bits per heavy atom. The summed E-state index contributed by atoms with van der Waals surface area (Å²) in [6.45, 7) is 2.75. The predicted molar refractivity (Wildman–Crippen MR) is 110 cm³/mol. The van der Waals surface area contributed by atoms with Crippen LogP contribution in [0.1, 0.15) is 17.5 Å². The SMILES string of the molecule is COc1cc(N2CC(C(=O)NCc3cccc(C)c3)CC2=O)cc(OC)c1OC. The van der Waals surface area contributed by atoms with Gasteiger partial charge >= 0.3 is 0 Å². The number of nitrogens with zero attached hydrogens (tertiary/aromatic N) is 1. The Labute approximate surface area is 170 Å². The second-order valence-corrected chi connectivity index (χ2v) is 7.00. The summed E-state index contributed by atoms with van der Waals surface area (Å²) in [6.07, 6.45) is 0.163. The van der Waals surface area contributed by atoms with Crippen molar-refractivity contribution >= 4 is 17.5 Å². The van der Waals surface area contributed by atoms with E-state index in [0.717, 1.165) is 11.1 Å². The molecule has 29 heavy (non-hydrogen) atoms. The van der Waals surface area contributed by atoms with Gasteiger partial charge in [0.15, 0.2) is 11.5 Å². The Hall–Kier alpha value is -3.22. The quantitative estimate of drug-likeness (QED) is 0.776. The van der Waals surface area contributed by atoms with E-state index in [1.54, 1.807) is 17.0 Å². The van der Waals surface area contributed by atoms with Crippen LogP contribution in [0.25, 0.3) is 0 Å². The first kappa shape index (κ1) is 20.5. The molecule has 1 fully saturated rings. The lowest BCUT2D eigenvalue weighted by atomic mass is 10.1. The van der Waals surface area contributed by atoms with Gasteiger partial charge in [-0.15, -0.1) is 0 Å². The van der Waals surface area contributed by atoms with Gasteiger partial charge in [-0.05, 0) is 12.5 Å². The first-order valence-electron chi connectivity index (χ1n) is 9.40. The number of carbonyl (C=O) groups is 2. The number of anilines is 1. The molecule has 0 aromatic heterocycles. The van der Waals surface area contributed by atoms with E-state index in [0.29, 0.717) is 36.0 Å². The summed E-state index contributed by atoms with van der Waals surface area (Å²) in [7, 11) is 4.57. The second-order valence-electron chi connectivity index (χ2n) is 7.00. The lowest BCUT2D eigenvalue weighted by Crippen LogP contribution is -2.32. The van der Waals surface area contributed by atoms with Crippen LogP contribution in [0.3, 0.4) is 0 Å². The third-order valence-electron chi connectivity index (χ3n) is 5.01. The number of aryl methyl sites for hydroxylation is 1. The molecule has 0 radical (unpaired) electrons. The minimum absolute atomic E-state index is 0.116. The average Bonchev–Trinajstić information content (AvgIpc) is 3.12. The zero-order valence-electron chi connectivity index (χ0n) is 17.2. The van der Waals surface area contributed by atoms with E-state index in [1.165, 1.54) is 21.3 Å². The van der Waals surface area contributed by atoms with Crippen molar-refractivity contribution in [1.82, 2.24) is 5.32 Å². The van der Waals surface area contributed by atoms with Gasteiger partial charge in [0.05, 0.1) is 32.9 Å². The topological polar surface area (TPSA) is 77.1 Å². The highest BCUT2D eigenvalue weighted by Gasteiger charge is 2.35. The smallest absolute Gasteiger partial charge is 0.227 e. The Balaban J connectivity index is 1.72. The molecule has 0 bridgehead atoms. The number of nitrogens with one attached hydrogen (secondary N) is 1. The lowest BCUT2D eigenvalue weighted by Gasteiger charge is -2.20. The first-order chi connectivity index (χ1) is 14.0. The van der Waals surface area contributed by atoms with Crippen LogP contribution in [-0.4, -0.2) is 39.7 Å². The van der Waals surface area contributed by atoms with E-state index in [1.807, 2.05) is 31.2 Å². The number of carbonyl (C=O) groups excluding carboxylic acids is 2. The number of benzene rings is 2. The van der Waals surface area contributed by atoms with E-state index in [2.05, 4.69) is 5.32 Å². The highest BCUT2D eigenvalue weighted by atomic mass is 16.5. The Bertz CT molecular complexity index is 887. The molecule has 2 aromatic rings. The molecule has 2 aromatic carbocycles. The molecular weight excluding hydrogens is 372 g/mol. The Kier molecular flexibility index (Phi) is 6.26. The van der Waals surface area contributed by atoms with Gasteiger partial charge < -0.3 is 24.4 Å². The fraction of sp³-hybridized carbons (Fsp3) is 0.364. The van der Waals surface area contributed by atoms with Crippen LogP contribution in [0.4, 0.5) is 5.69 Å². The van der Waals surface area contributed by atoms with E-state index < -0.39 is 5.92 Å². The van der Waals surface area contributed by atoms with Crippen molar-refractivity contribution in [3.05, 3.63) is 47.5 Å². The largest absolute Gasteiger partial charge is 0.493 e. The van der Waals surface area contributed by atoms with Crippen LogP contribution in [0, 0.1) is 12.8 Å². The van der Waals surface area contributed by atoms with Crippen molar-refractivity contribution in [3.8, 4) is 17.2 Å². The maximum absolute atomic E-state index is 12.6. The van der Waals surface area contributed by atoms with Crippen LogP contribution < -0.4 is 24.4 Å². The van der Waals surface area contributed by atoms with Crippen LogP contribution in [0.2, 0.25) is 0 Å². The average molecular weight is 398 g/mol. The standard InChI is InChI=1S/C22H26N2O5/c1-14-6-5-7-15(8-14)12-23-22(26)16-9-20(25)24(13-16)17-10-18(27-2)21(29-4)19(11-17)28-3/h5-8,10-11,16H,9,12-13H2,1-4H3,(H,23,26). The van der Waals surface area contributed by atoms with Gasteiger partial charge in [-0.1, -0.05) is 29.8 Å². The fourth-order valence-corrected chi connectivity index (χ4v) is 3.51. The maximum Gasteiger partial charge on any atom is 0.227 e. The number of amides is 2. The van der Waals surface area contributed by atoms with Crippen molar-refractivity contribution < 1.29 is 23.8 Å². The molecule has 1 heterocycles. The van der Waals surface area contributed by atoms with E-state index >= 15 is 0 Å². The maximum atomic E-state index is 12.6. The Morgan fingerprint density at radius 2 is 1.79 bits per heavy atom. The third kappa shape index (κ3) is 4.45. The van der Waals surface area contributed by atoms with Crippen LogP contribution in [-0.2, 0) is 16.1 Å². The van der Waals surface area contributed by atoms with Gasteiger partial charge in [0, 0.05) is 31.6 Å². The number of hydrogen-bond acceptors (Lipinski definition) is 5. The molecule has 154 valence electrons. The summed E-state index contributed by atoms with van der Waals surface area (Å²) in [5.41, 5.74) is 2.78. The van der Waals surface area contributed by atoms with E-state index in [9.17, 15) is 9.59 Å². The van der Waals surface area contributed by atoms with Crippen molar-refractivity contribution in [2.75, 3.05) is 32.8 Å². The summed E-state index contributed by atoms with van der Waals surface area (Å²) in [4.78, 5) is 26.8. The molecule has 1 unspecified atom stereocenters. The molecule has 1 atom stereocenters.